The fourth-order valence-corrected chi connectivity index (χ4v) is 3.58. The summed E-state index contributed by atoms with van der Waals surface area (Å²) in [7, 11) is 0. The zero-order valence-corrected chi connectivity index (χ0v) is 14.9. The summed E-state index contributed by atoms with van der Waals surface area (Å²) in [6, 6.07) is 12.1. The number of benzene rings is 1. The quantitative estimate of drug-likeness (QED) is 0.822. The zero-order chi connectivity index (χ0) is 17.8. The molecule has 0 unspecified atom stereocenters. The van der Waals surface area contributed by atoms with E-state index >= 15 is 0 Å². The molecule has 2 aromatic rings. The molecule has 0 spiro atoms. The number of aryl methyl sites for hydroxylation is 2. The molecule has 136 valence electrons. The van der Waals surface area contributed by atoms with Gasteiger partial charge in [-0.15, -0.1) is 5.10 Å². The molecule has 0 radical (unpaired) electrons. The third-order valence-corrected chi connectivity index (χ3v) is 5.10. The van der Waals surface area contributed by atoms with E-state index in [2.05, 4.69) is 21.2 Å². The maximum atomic E-state index is 12.3. The number of hydrogen-bond acceptors (Lipinski definition) is 5. The molecule has 0 saturated carbocycles. The van der Waals surface area contributed by atoms with Gasteiger partial charge in [-0.05, 0) is 36.5 Å². The van der Waals surface area contributed by atoms with Crippen LogP contribution in [0.4, 0.5) is 5.82 Å². The van der Waals surface area contributed by atoms with Crippen molar-refractivity contribution in [2.45, 2.75) is 25.9 Å². The minimum Gasteiger partial charge on any atom is -0.367 e. The molecule has 6 heteroatoms. The van der Waals surface area contributed by atoms with E-state index in [0.29, 0.717) is 19.7 Å². The van der Waals surface area contributed by atoms with E-state index in [9.17, 15) is 4.79 Å². The number of amides is 1. The number of hydrogen-bond donors (Lipinski definition) is 0. The standard InChI is InChI=1S/C20H24N4O2/c25-20(15-26-14-16-5-2-1-3-6-16)24-11-9-23(10-12-24)19-13-17-7-4-8-18(17)21-22-19/h1-3,5-6,13H,4,7-12,14-15H2. The van der Waals surface area contributed by atoms with Gasteiger partial charge in [-0.3, -0.25) is 4.79 Å². The van der Waals surface area contributed by atoms with E-state index in [4.69, 9.17) is 4.74 Å². The lowest BCUT2D eigenvalue weighted by molar-refractivity contribution is -0.136. The molecule has 0 N–H and O–H groups in total. The average molecular weight is 352 g/mol. The number of ether oxygens (including phenoxy) is 1. The van der Waals surface area contributed by atoms with Crippen molar-refractivity contribution in [2.24, 2.45) is 0 Å². The number of nitrogens with zero attached hydrogens (tertiary/aromatic N) is 4. The summed E-state index contributed by atoms with van der Waals surface area (Å²) in [6.07, 6.45) is 3.33. The highest BCUT2D eigenvalue weighted by Gasteiger charge is 2.23. The summed E-state index contributed by atoms with van der Waals surface area (Å²) < 4.78 is 5.57. The summed E-state index contributed by atoms with van der Waals surface area (Å²) in [5, 5.41) is 8.74. The number of aromatic nitrogens is 2. The molecule has 1 amide bonds. The van der Waals surface area contributed by atoms with Crippen LogP contribution in [0.2, 0.25) is 0 Å². The van der Waals surface area contributed by atoms with E-state index < -0.39 is 0 Å². The van der Waals surface area contributed by atoms with Crippen LogP contribution in [0.5, 0.6) is 0 Å². The third kappa shape index (κ3) is 3.85. The summed E-state index contributed by atoms with van der Waals surface area (Å²) in [5.41, 5.74) is 3.57. The smallest absolute Gasteiger partial charge is 0.248 e. The molecule has 1 fully saturated rings. The molecule has 1 aliphatic heterocycles. The second-order valence-electron chi connectivity index (χ2n) is 6.87. The van der Waals surface area contributed by atoms with E-state index in [1.165, 1.54) is 12.0 Å². The van der Waals surface area contributed by atoms with Crippen molar-refractivity contribution in [1.29, 1.82) is 0 Å². The van der Waals surface area contributed by atoms with Gasteiger partial charge < -0.3 is 14.5 Å². The number of fused-ring (bicyclic) bond motifs is 1. The van der Waals surface area contributed by atoms with Gasteiger partial charge in [-0.25, -0.2) is 0 Å². The highest BCUT2D eigenvalue weighted by molar-refractivity contribution is 5.77. The van der Waals surface area contributed by atoms with Crippen LogP contribution in [-0.2, 0) is 29.0 Å². The summed E-state index contributed by atoms with van der Waals surface area (Å²) in [6.45, 7) is 3.58. The highest BCUT2D eigenvalue weighted by Crippen LogP contribution is 2.23. The number of rotatable bonds is 5. The molecule has 26 heavy (non-hydrogen) atoms. The second kappa shape index (κ2) is 7.83. The van der Waals surface area contributed by atoms with Crippen LogP contribution in [0.15, 0.2) is 36.4 Å². The maximum Gasteiger partial charge on any atom is 0.248 e. The molecule has 0 atom stereocenters. The first kappa shape index (κ1) is 17.0. The number of carbonyl (C=O) groups is 1. The van der Waals surface area contributed by atoms with Crippen molar-refractivity contribution < 1.29 is 9.53 Å². The van der Waals surface area contributed by atoms with Gasteiger partial charge in [0, 0.05) is 26.2 Å². The number of piperazine rings is 1. The Kier molecular flexibility index (Phi) is 5.11. The number of carbonyl (C=O) groups excluding carboxylic acids is 1. The topological polar surface area (TPSA) is 58.6 Å². The Labute approximate surface area is 153 Å². The minimum absolute atomic E-state index is 0.0561. The molecular formula is C20H24N4O2. The lowest BCUT2D eigenvalue weighted by Crippen LogP contribution is -2.50. The van der Waals surface area contributed by atoms with Crippen molar-refractivity contribution in [3.05, 3.63) is 53.2 Å². The van der Waals surface area contributed by atoms with Crippen LogP contribution >= 0.6 is 0 Å². The van der Waals surface area contributed by atoms with Gasteiger partial charge >= 0.3 is 0 Å². The zero-order valence-electron chi connectivity index (χ0n) is 14.9. The van der Waals surface area contributed by atoms with Crippen LogP contribution in [0.3, 0.4) is 0 Å². The van der Waals surface area contributed by atoms with Crippen molar-refractivity contribution in [2.75, 3.05) is 37.7 Å². The van der Waals surface area contributed by atoms with E-state index in [1.807, 2.05) is 35.2 Å². The van der Waals surface area contributed by atoms with Gasteiger partial charge in [-0.1, -0.05) is 30.3 Å². The third-order valence-electron chi connectivity index (χ3n) is 5.10. The molecule has 2 aliphatic rings. The SMILES string of the molecule is O=C(COCc1ccccc1)N1CCN(c2cc3c(nn2)CCC3)CC1. The predicted molar refractivity (Wildman–Crippen MR) is 98.9 cm³/mol. The Morgan fingerprint density at radius 1 is 1.04 bits per heavy atom. The van der Waals surface area contributed by atoms with Gasteiger partial charge in [0.2, 0.25) is 5.91 Å². The molecule has 1 aromatic heterocycles. The summed E-state index contributed by atoms with van der Waals surface area (Å²) in [4.78, 5) is 16.4. The van der Waals surface area contributed by atoms with Crippen LogP contribution in [0.25, 0.3) is 0 Å². The van der Waals surface area contributed by atoms with Crippen LogP contribution in [0.1, 0.15) is 23.2 Å². The van der Waals surface area contributed by atoms with Gasteiger partial charge in [0.05, 0.1) is 12.3 Å². The molecular weight excluding hydrogens is 328 g/mol. The lowest BCUT2D eigenvalue weighted by Gasteiger charge is -2.35. The van der Waals surface area contributed by atoms with Gasteiger partial charge in [0.15, 0.2) is 5.82 Å². The minimum atomic E-state index is 0.0561. The first-order chi connectivity index (χ1) is 12.8. The van der Waals surface area contributed by atoms with Crippen LogP contribution < -0.4 is 4.90 Å². The van der Waals surface area contributed by atoms with E-state index in [0.717, 1.165) is 43.0 Å². The fourth-order valence-electron chi connectivity index (χ4n) is 3.58. The molecule has 6 nitrogen and oxygen atoms in total. The Balaban J connectivity index is 1.25. The molecule has 0 bridgehead atoms. The van der Waals surface area contributed by atoms with Gasteiger partial charge in [0.25, 0.3) is 0 Å². The largest absolute Gasteiger partial charge is 0.367 e. The molecule has 2 heterocycles. The normalized spacial score (nSPS) is 16.6. The molecule has 1 saturated heterocycles. The Bertz CT molecular complexity index is 758. The summed E-state index contributed by atoms with van der Waals surface area (Å²) in [5.74, 6) is 0.999. The second-order valence-corrected chi connectivity index (χ2v) is 6.87. The fraction of sp³-hybridized carbons (Fsp3) is 0.450. The molecule has 1 aliphatic carbocycles. The van der Waals surface area contributed by atoms with Crippen molar-refractivity contribution in [3.8, 4) is 0 Å². The van der Waals surface area contributed by atoms with Crippen molar-refractivity contribution in [3.63, 3.8) is 0 Å². The van der Waals surface area contributed by atoms with Gasteiger partial charge in [0.1, 0.15) is 6.61 Å². The molecule has 4 rings (SSSR count). The van der Waals surface area contributed by atoms with E-state index in [1.54, 1.807) is 0 Å². The average Bonchev–Trinajstić information content (AvgIpc) is 3.17. The highest BCUT2D eigenvalue weighted by atomic mass is 16.5. The summed E-state index contributed by atoms with van der Waals surface area (Å²) >= 11 is 0. The number of anilines is 1. The first-order valence-electron chi connectivity index (χ1n) is 9.29. The Morgan fingerprint density at radius 2 is 1.85 bits per heavy atom. The van der Waals surface area contributed by atoms with Crippen LogP contribution in [0, 0.1) is 0 Å². The van der Waals surface area contributed by atoms with E-state index in [-0.39, 0.29) is 12.5 Å². The lowest BCUT2D eigenvalue weighted by atomic mass is 10.2. The monoisotopic (exact) mass is 352 g/mol. The predicted octanol–water partition coefficient (Wildman–Crippen LogP) is 1.83. The maximum absolute atomic E-state index is 12.3. The van der Waals surface area contributed by atoms with Crippen molar-refractivity contribution in [1.82, 2.24) is 15.1 Å². The Morgan fingerprint density at radius 3 is 2.65 bits per heavy atom. The Hall–Kier alpha value is -2.47. The molecule has 1 aromatic carbocycles. The first-order valence-corrected chi connectivity index (χ1v) is 9.29. The van der Waals surface area contributed by atoms with Gasteiger partial charge in [-0.2, -0.15) is 5.10 Å². The van der Waals surface area contributed by atoms with Crippen LogP contribution in [-0.4, -0.2) is 53.8 Å². The van der Waals surface area contributed by atoms with Crippen molar-refractivity contribution >= 4 is 11.7 Å².